The molecule has 0 saturated heterocycles. The summed E-state index contributed by atoms with van der Waals surface area (Å²) in [6, 6.07) is 18.7. The van der Waals surface area contributed by atoms with Gasteiger partial charge in [-0.1, -0.05) is 74.2 Å². The zero-order valence-corrected chi connectivity index (χ0v) is 15.1. The highest BCUT2D eigenvalue weighted by Crippen LogP contribution is 2.17. The Labute approximate surface area is 148 Å². The molecule has 1 aliphatic rings. The molecule has 0 unspecified atom stereocenters. The van der Waals surface area contributed by atoms with E-state index in [0.29, 0.717) is 0 Å². The van der Waals surface area contributed by atoms with Crippen LogP contribution in [0.5, 0.6) is 0 Å². The predicted octanol–water partition coefficient (Wildman–Crippen LogP) is 6.69. The number of hydrogen-bond acceptors (Lipinski definition) is 0. The first-order valence-electron chi connectivity index (χ1n) is 10.1. The number of rotatable bonds is 0. The lowest BCUT2D eigenvalue weighted by Gasteiger charge is -2.08. The predicted molar refractivity (Wildman–Crippen MR) is 105 cm³/mol. The molecule has 0 radical (unpaired) electrons. The Morgan fingerprint density at radius 1 is 0.375 bits per heavy atom. The molecule has 2 aromatic carbocycles. The van der Waals surface area contributed by atoms with E-state index in [1.54, 1.807) is 22.3 Å². The molecule has 0 aliphatic heterocycles. The Balaban J connectivity index is 1.58. The number of benzene rings is 2. The van der Waals surface area contributed by atoms with Gasteiger partial charge in [-0.3, -0.25) is 0 Å². The second kappa shape index (κ2) is 9.67. The molecule has 0 aromatic heterocycles. The fraction of sp³-hybridized carbons (Fsp3) is 0.500. The maximum Gasteiger partial charge on any atom is -0.0279 e. The molecule has 4 bridgehead atoms. The van der Waals surface area contributed by atoms with Gasteiger partial charge in [0, 0.05) is 0 Å². The van der Waals surface area contributed by atoms with E-state index < -0.39 is 0 Å². The summed E-state index contributed by atoms with van der Waals surface area (Å²) in [6.45, 7) is 0. The van der Waals surface area contributed by atoms with Crippen molar-refractivity contribution in [3.8, 4) is 0 Å². The Hall–Kier alpha value is -1.56. The molecule has 3 rings (SSSR count). The van der Waals surface area contributed by atoms with Gasteiger partial charge in [-0.15, -0.1) is 0 Å². The van der Waals surface area contributed by atoms with Crippen LogP contribution >= 0.6 is 0 Å². The smallest absolute Gasteiger partial charge is 0.0279 e. The zero-order chi connectivity index (χ0) is 16.5. The van der Waals surface area contributed by atoms with E-state index in [0.717, 1.165) is 0 Å². The summed E-state index contributed by atoms with van der Waals surface area (Å²) in [5, 5.41) is 0. The van der Waals surface area contributed by atoms with E-state index in [-0.39, 0.29) is 0 Å². The van der Waals surface area contributed by atoms with Gasteiger partial charge in [-0.25, -0.2) is 0 Å². The first-order valence-corrected chi connectivity index (χ1v) is 10.1. The fourth-order valence-electron chi connectivity index (χ4n) is 3.90. The summed E-state index contributed by atoms with van der Waals surface area (Å²) in [5.74, 6) is 0. The van der Waals surface area contributed by atoms with Gasteiger partial charge < -0.3 is 0 Å². The van der Waals surface area contributed by atoms with E-state index in [1.165, 1.54) is 77.0 Å². The van der Waals surface area contributed by atoms with E-state index in [1.807, 2.05) is 0 Å². The Bertz CT molecular complexity index is 509. The second-order valence-electron chi connectivity index (χ2n) is 7.47. The highest BCUT2D eigenvalue weighted by atomic mass is 14.1. The van der Waals surface area contributed by atoms with Crippen molar-refractivity contribution in [2.24, 2.45) is 0 Å². The molecule has 0 amide bonds. The third kappa shape index (κ3) is 5.82. The van der Waals surface area contributed by atoms with Crippen molar-refractivity contribution >= 4 is 0 Å². The van der Waals surface area contributed by atoms with Crippen molar-refractivity contribution in [2.75, 3.05) is 0 Å². The molecule has 0 fully saturated rings. The lowest BCUT2D eigenvalue weighted by molar-refractivity contribution is 0.632. The van der Waals surface area contributed by atoms with Crippen LogP contribution in [0.2, 0.25) is 0 Å². The summed E-state index contributed by atoms with van der Waals surface area (Å²) in [5.41, 5.74) is 6.17. The first-order chi connectivity index (χ1) is 11.9. The summed E-state index contributed by atoms with van der Waals surface area (Å²) < 4.78 is 0. The maximum atomic E-state index is 2.45. The van der Waals surface area contributed by atoms with Gasteiger partial charge in [0.05, 0.1) is 0 Å². The van der Waals surface area contributed by atoms with Gasteiger partial charge >= 0.3 is 0 Å². The van der Waals surface area contributed by atoms with Gasteiger partial charge in [0.1, 0.15) is 0 Å². The monoisotopic (exact) mass is 320 g/mol. The van der Waals surface area contributed by atoms with Crippen LogP contribution in [0.1, 0.15) is 73.6 Å². The minimum absolute atomic E-state index is 1.25. The van der Waals surface area contributed by atoms with Gasteiger partial charge in [-0.05, 0) is 73.6 Å². The Kier molecular flexibility index (Phi) is 6.96. The molecule has 24 heavy (non-hydrogen) atoms. The molecule has 2 aromatic rings. The average Bonchev–Trinajstić information content (AvgIpc) is 2.61. The van der Waals surface area contributed by atoms with Crippen LogP contribution in [-0.2, 0) is 25.7 Å². The van der Waals surface area contributed by atoms with E-state index >= 15 is 0 Å². The standard InChI is InChI=1S/C24H32/c1-2-6-12-22-16-10-18-24(20-22)14-8-4-3-7-13-23-17-9-15-21(19-23)11-5-1/h9-10,15-20H,1-8,11-14H2. The van der Waals surface area contributed by atoms with Gasteiger partial charge in [0.15, 0.2) is 0 Å². The molecule has 0 heterocycles. The fourth-order valence-corrected chi connectivity index (χ4v) is 3.90. The molecule has 0 spiro atoms. The Morgan fingerprint density at radius 2 is 0.667 bits per heavy atom. The quantitative estimate of drug-likeness (QED) is 0.507. The van der Waals surface area contributed by atoms with Gasteiger partial charge in [-0.2, -0.15) is 0 Å². The van der Waals surface area contributed by atoms with Crippen molar-refractivity contribution in [1.82, 2.24) is 0 Å². The van der Waals surface area contributed by atoms with Crippen LogP contribution in [0, 0.1) is 0 Å². The molecule has 0 heteroatoms. The summed E-state index contributed by atoms with van der Waals surface area (Å²) in [4.78, 5) is 0. The highest BCUT2D eigenvalue weighted by Gasteiger charge is 2.01. The van der Waals surface area contributed by atoms with Crippen molar-refractivity contribution in [2.45, 2.75) is 77.0 Å². The van der Waals surface area contributed by atoms with Crippen LogP contribution in [0.15, 0.2) is 48.5 Å². The van der Waals surface area contributed by atoms with Crippen LogP contribution < -0.4 is 0 Å². The number of aryl methyl sites for hydroxylation is 4. The molecule has 0 atom stereocenters. The maximum absolute atomic E-state index is 2.45. The minimum atomic E-state index is 1.25. The Morgan fingerprint density at radius 3 is 0.958 bits per heavy atom. The first kappa shape index (κ1) is 17.3. The third-order valence-corrected chi connectivity index (χ3v) is 5.34. The number of fused-ring (bicyclic) bond motifs is 4. The van der Waals surface area contributed by atoms with E-state index in [9.17, 15) is 0 Å². The lowest BCUT2D eigenvalue weighted by Crippen LogP contribution is -1.94. The molecule has 128 valence electrons. The van der Waals surface area contributed by atoms with Crippen molar-refractivity contribution < 1.29 is 0 Å². The third-order valence-electron chi connectivity index (χ3n) is 5.34. The average molecular weight is 321 g/mol. The highest BCUT2D eigenvalue weighted by molar-refractivity contribution is 5.24. The largest absolute Gasteiger partial charge is 0.0617 e. The second-order valence-corrected chi connectivity index (χ2v) is 7.47. The van der Waals surface area contributed by atoms with Crippen LogP contribution in [0.25, 0.3) is 0 Å². The van der Waals surface area contributed by atoms with Crippen LogP contribution in [0.3, 0.4) is 0 Å². The summed E-state index contributed by atoms with van der Waals surface area (Å²) >= 11 is 0. The van der Waals surface area contributed by atoms with E-state index in [2.05, 4.69) is 48.5 Å². The zero-order valence-electron chi connectivity index (χ0n) is 15.1. The van der Waals surface area contributed by atoms with E-state index in [4.69, 9.17) is 0 Å². The van der Waals surface area contributed by atoms with Crippen molar-refractivity contribution in [3.63, 3.8) is 0 Å². The molecule has 0 nitrogen and oxygen atoms in total. The van der Waals surface area contributed by atoms with Crippen molar-refractivity contribution in [3.05, 3.63) is 70.8 Å². The SMILES string of the molecule is c1cc2cc(c1)CCCCCCc1cccc(c1)CCCCCC2. The molecule has 0 N–H and O–H groups in total. The molecule has 0 saturated carbocycles. The molecule has 1 aliphatic carbocycles. The summed E-state index contributed by atoms with van der Waals surface area (Å²) in [7, 11) is 0. The molecular formula is C24H32. The summed E-state index contributed by atoms with van der Waals surface area (Å²) in [6.07, 6.45) is 15.8. The van der Waals surface area contributed by atoms with Crippen LogP contribution in [-0.4, -0.2) is 0 Å². The molecular weight excluding hydrogens is 288 g/mol. The van der Waals surface area contributed by atoms with Gasteiger partial charge in [0.25, 0.3) is 0 Å². The topological polar surface area (TPSA) is 0 Å². The lowest BCUT2D eigenvalue weighted by atomic mass is 9.97. The van der Waals surface area contributed by atoms with Gasteiger partial charge in [0.2, 0.25) is 0 Å². The van der Waals surface area contributed by atoms with Crippen LogP contribution in [0.4, 0.5) is 0 Å². The van der Waals surface area contributed by atoms with Crippen molar-refractivity contribution in [1.29, 1.82) is 0 Å². The minimum Gasteiger partial charge on any atom is -0.0617 e. The number of hydrogen-bond donors (Lipinski definition) is 0. The normalized spacial score (nSPS) is 17.7.